The number of nitrogen functional groups attached to an aromatic ring is 1. The summed E-state index contributed by atoms with van der Waals surface area (Å²) in [5, 5.41) is 2.23. The molecule has 3 aromatic rings. The van der Waals surface area contributed by atoms with Gasteiger partial charge in [0, 0.05) is 17.8 Å². The van der Waals surface area contributed by atoms with Crippen molar-refractivity contribution in [1.29, 1.82) is 0 Å². The average Bonchev–Trinajstić information content (AvgIpc) is 2.72. The molecule has 0 aliphatic carbocycles. The molecule has 1 aromatic carbocycles. The molecule has 0 bridgehead atoms. The van der Waals surface area contributed by atoms with E-state index in [1.807, 2.05) is 29.8 Å². The largest absolute Gasteiger partial charge is 0.462 e. The van der Waals surface area contributed by atoms with Crippen LogP contribution < -0.4 is 5.73 Å². The standard InChI is InChI=1S/C11H10N2O/c1-13-9(12)6-8-3-2-7-4-5-14-11(7)10(8)13/h2-6H,12H2,1H3. The predicted molar refractivity (Wildman–Crippen MR) is 57.1 cm³/mol. The smallest absolute Gasteiger partial charge is 0.158 e. The van der Waals surface area contributed by atoms with E-state index in [-0.39, 0.29) is 0 Å². The molecule has 0 saturated carbocycles. The zero-order valence-corrected chi connectivity index (χ0v) is 7.82. The molecule has 0 fully saturated rings. The van der Waals surface area contributed by atoms with Crippen LogP contribution in [0.3, 0.4) is 0 Å². The van der Waals surface area contributed by atoms with Gasteiger partial charge in [-0.1, -0.05) is 12.1 Å². The Bertz CT molecular complexity index is 619. The molecule has 14 heavy (non-hydrogen) atoms. The third kappa shape index (κ3) is 0.763. The minimum Gasteiger partial charge on any atom is -0.462 e. The highest BCUT2D eigenvalue weighted by Gasteiger charge is 2.08. The van der Waals surface area contributed by atoms with Gasteiger partial charge in [0.15, 0.2) is 5.58 Å². The van der Waals surface area contributed by atoms with Gasteiger partial charge < -0.3 is 14.7 Å². The maximum Gasteiger partial charge on any atom is 0.158 e. The average molecular weight is 186 g/mol. The Balaban J connectivity index is 2.66. The van der Waals surface area contributed by atoms with Crippen molar-refractivity contribution in [2.24, 2.45) is 7.05 Å². The highest BCUT2D eigenvalue weighted by atomic mass is 16.3. The molecule has 3 heteroatoms. The van der Waals surface area contributed by atoms with Gasteiger partial charge in [0.25, 0.3) is 0 Å². The number of furan rings is 1. The Labute approximate surface area is 80.7 Å². The second-order valence-corrected chi connectivity index (χ2v) is 3.47. The number of aromatic nitrogens is 1. The summed E-state index contributed by atoms with van der Waals surface area (Å²) in [6.45, 7) is 0. The van der Waals surface area contributed by atoms with Gasteiger partial charge in [-0.2, -0.15) is 0 Å². The fraction of sp³-hybridized carbons (Fsp3) is 0.0909. The molecule has 3 rings (SSSR count). The first-order valence-corrected chi connectivity index (χ1v) is 4.48. The molecule has 0 unspecified atom stereocenters. The van der Waals surface area contributed by atoms with E-state index in [0.29, 0.717) is 0 Å². The summed E-state index contributed by atoms with van der Waals surface area (Å²) in [5.74, 6) is 0.754. The van der Waals surface area contributed by atoms with Crippen LogP contribution in [0.25, 0.3) is 21.9 Å². The Morgan fingerprint density at radius 3 is 2.86 bits per heavy atom. The van der Waals surface area contributed by atoms with Gasteiger partial charge in [0.2, 0.25) is 0 Å². The summed E-state index contributed by atoms with van der Waals surface area (Å²) in [6.07, 6.45) is 1.70. The molecular weight excluding hydrogens is 176 g/mol. The van der Waals surface area contributed by atoms with E-state index >= 15 is 0 Å². The van der Waals surface area contributed by atoms with E-state index in [1.165, 1.54) is 0 Å². The van der Waals surface area contributed by atoms with Crippen LogP contribution in [0.15, 0.2) is 34.9 Å². The summed E-state index contributed by atoms with van der Waals surface area (Å²) in [4.78, 5) is 0. The van der Waals surface area contributed by atoms with Crippen LogP contribution in [0.2, 0.25) is 0 Å². The number of nitrogens with zero attached hydrogens (tertiary/aromatic N) is 1. The number of fused-ring (bicyclic) bond motifs is 3. The first-order chi connectivity index (χ1) is 6.77. The fourth-order valence-electron chi connectivity index (χ4n) is 1.88. The Morgan fingerprint density at radius 1 is 1.21 bits per heavy atom. The molecule has 70 valence electrons. The molecule has 2 aromatic heterocycles. The first kappa shape index (κ1) is 7.50. The van der Waals surface area contributed by atoms with E-state index in [9.17, 15) is 0 Å². The zero-order valence-electron chi connectivity index (χ0n) is 7.82. The summed E-state index contributed by atoms with van der Waals surface area (Å²) in [6, 6.07) is 8.01. The lowest BCUT2D eigenvalue weighted by atomic mass is 10.2. The van der Waals surface area contributed by atoms with Gasteiger partial charge in [-0.3, -0.25) is 0 Å². The molecule has 2 heterocycles. The molecule has 0 saturated heterocycles. The van der Waals surface area contributed by atoms with Crippen LogP contribution in [-0.2, 0) is 7.05 Å². The van der Waals surface area contributed by atoms with E-state index < -0.39 is 0 Å². The molecular formula is C11H10N2O. The van der Waals surface area contributed by atoms with Gasteiger partial charge in [-0.25, -0.2) is 0 Å². The minimum absolute atomic E-state index is 0.754. The van der Waals surface area contributed by atoms with E-state index in [4.69, 9.17) is 10.2 Å². The topological polar surface area (TPSA) is 44.1 Å². The number of hydrogen-bond donors (Lipinski definition) is 1. The van der Waals surface area contributed by atoms with Gasteiger partial charge in [0.1, 0.15) is 5.82 Å². The van der Waals surface area contributed by atoms with Gasteiger partial charge in [-0.15, -0.1) is 0 Å². The lowest BCUT2D eigenvalue weighted by Gasteiger charge is -1.98. The lowest BCUT2D eigenvalue weighted by Crippen LogP contribution is -1.94. The number of hydrogen-bond acceptors (Lipinski definition) is 2. The minimum atomic E-state index is 0.754. The molecule has 0 spiro atoms. The SMILES string of the molecule is Cn1c(N)cc2ccc3ccoc3c21. The summed E-state index contributed by atoms with van der Waals surface area (Å²) in [5.41, 5.74) is 7.80. The molecule has 0 aliphatic rings. The number of benzene rings is 1. The molecule has 0 aliphatic heterocycles. The van der Waals surface area contributed by atoms with Gasteiger partial charge in [-0.05, 0) is 12.1 Å². The van der Waals surface area contributed by atoms with Gasteiger partial charge >= 0.3 is 0 Å². The molecule has 0 amide bonds. The Kier molecular flexibility index (Phi) is 1.24. The van der Waals surface area contributed by atoms with Crippen LogP contribution in [0.1, 0.15) is 0 Å². The third-order valence-corrected chi connectivity index (χ3v) is 2.65. The van der Waals surface area contributed by atoms with Crippen molar-refractivity contribution >= 4 is 27.7 Å². The Morgan fingerprint density at radius 2 is 2.00 bits per heavy atom. The van der Waals surface area contributed by atoms with Crippen LogP contribution in [-0.4, -0.2) is 4.57 Å². The van der Waals surface area contributed by atoms with Gasteiger partial charge in [0.05, 0.1) is 11.8 Å². The molecule has 2 N–H and O–H groups in total. The third-order valence-electron chi connectivity index (χ3n) is 2.65. The molecule has 0 radical (unpaired) electrons. The van der Waals surface area contributed by atoms with Crippen molar-refractivity contribution < 1.29 is 4.42 Å². The van der Waals surface area contributed by atoms with Crippen molar-refractivity contribution in [2.75, 3.05) is 5.73 Å². The van der Waals surface area contributed by atoms with Crippen LogP contribution in [0.5, 0.6) is 0 Å². The summed E-state index contributed by atoms with van der Waals surface area (Å²) < 4.78 is 7.39. The van der Waals surface area contributed by atoms with Crippen molar-refractivity contribution in [3.63, 3.8) is 0 Å². The van der Waals surface area contributed by atoms with E-state index in [0.717, 1.165) is 27.7 Å². The van der Waals surface area contributed by atoms with E-state index in [1.54, 1.807) is 6.26 Å². The van der Waals surface area contributed by atoms with E-state index in [2.05, 4.69) is 6.07 Å². The van der Waals surface area contributed by atoms with Crippen molar-refractivity contribution in [3.8, 4) is 0 Å². The second-order valence-electron chi connectivity index (χ2n) is 3.47. The maximum absolute atomic E-state index is 5.83. The van der Waals surface area contributed by atoms with Crippen molar-refractivity contribution in [1.82, 2.24) is 4.57 Å². The van der Waals surface area contributed by atoms with Crippen LogP contribution in [0.4, 0.5) is 5.82 Å². The number of aryl methyl sites for hydroxylation is 1. The monoisotopic (exact) mass is 186 g/mol. The quantitative estimate of drug-likeness (QED) is 0.586. The lowest BCUT2D eigenvalue weighted by molar-refractivity contribution is 0.617. The first-order valence-electron chi connectivity index (χ1n) is 4.48. The van der Waals surface area contributed by atoms with Crippen molar-refractivity contribution in [3.05, 3.63) is 30.5 Å². The number of anilines is 1. The normalized spacial score (nSPS) is 11.5. The molecule has 0 atom stereocenters. The molecule has 3 nitrogen and oxygen atoms in total. The Hall–Kier alpha value is -1.90. The van der Waals surface area contributed by atoms with Crippen LogP contribution in [0, 0.1) is 0 Å². The van der Waals surface area contributed by atoms with Crippen LogP contribution >= 0.6 is 0 Å². The highest BCUT2D eigenvalue weighted by Crippen LogP contribution is 2.28. The summed E-state index contributed by atoms with van der Waals surface area (Å²) in [7, 11) is 1.94. The summed E-state index contributed by atoms with van der Waals surface area (Å²) >= 11 is 0. The highest BCUT2D eigenvalue weighted by molar-refractivity contribution is 6.04. The number of rotatable bonds is 0. The second kappa shape index (κ2) is 2.32. The maximum atomic E-state index is 5.83. The van der Waals surface area contributed by atoms with Crippen molar-refractivity contribution in [2.45, 2.75) is 0 Å². The zero-order chi connectivity index (χ0) is 9.71. The fourth-order valence-corrected chi connectivity index (χ4v) is 1.88. The number of nitrogens with two attached hydrogens (primary N) is 1. The predicted octanol–water partition coefficient (Wildman–Crippen LogP) is 2.51.